The summed E-state index contributed by atoms with van der Waals surface area (Å²) in [4.78, 5) is 34.1. The molecule has 0 unspecified atom stereocenters. The number of benzene rings is 3. The van der Waals surface area contributed by atoms with Crippen LogP contribution in [0.1, 0.15) is 58.9 Å². The van der Waals surface area contributed by atoms with Crippen LogP contribution < -0.4 is 10.2 Å². The Morgan fingerprint density at radius 3 is 1.86 bits per heavy atom. The summed E-state index contributed by atoms with van der Waals surface area (Å²) in [7, 11) is 3.58. The van der Waals surface area contributed by atoms with Crippen LogP contribution in [0.25, 0.3) is 11.0 Å². The number of aromatic nitrogens is 4. The van der Waals surface area contributed by atoms with Crippen molar-refractivity contribution in [1.82, 2.24) is 29.3 Å². The summed E-state index contributed by atoms with van der Waals surface area (Å²) >= 11 is 0. The fraction of sp³-hybridized carbons (Fsp3) is 0.286. The molecule has 3 aromatic carbocycles. The summed E-state index contributed by atoms with van der Waals surface area (Å²) in [5.74, 6) is 1.13. The third-order valence-electron chi connectivity index (χ3n) is 10.6. The molecule has 9 nitrogen and oxygen atoms in total. The Kier molecular flexibility index (Phi) is 8.96. The van der Waals surface area contributed by atoms with Gasteiger partial charge in [-0.1, -0.05) is 104 Å². The maximum Gasteiger partial charge on any atom is 0.270 e. The minimum Gasteiger partial charge on any atom is -0.368 e. The number of amides is 1. The topological polar surface area (TPSA) is 82.4 Å². The van der Waals surface area contributed by atoms with Gasteiger partial charge in [0.25, 0.3) is 5.91 Å². The van der Waals surface area contributed by atoms with Gasteiger partial charge in [0.05, 0.1) is 17.4 Å². The van der Waals surface area contributed by atoms with Crippen LogP contribution in [0.15, 0.2) is 122 Å². The number of carbonyl (C=O) groups excluding carboxylic acids is 1. The number of nitrogens with one attached hydrogen (secondary N) is 1. The number of rotatable bonds is 9. The van der Waals surface area contributed by atoms with Gasteiger partial charge in [-0.25, -0.2) is 9.97 Å². The molecule has 3 aromatic heterocycles. The van der Waals surface area contributed by atoms with Crippen LogP contribution in [-0.2, 0) is 5.54 Å². The molecular weight excluding hydrogens is 633 g/mol. The van der Waals surface area contributed by atoms with E-state index < -0.39 is 5.54 Å². The van der Waals surface area contributed by atoms with E-state index >= 15 is 0 Å². The highest BCUT2D eigenvalue weighted by atomic mass is 16.2. The van der Waals surface area contributed by atoms with E-state index in [1.54, 1.807) is 25.2 Å². The molecule has 9 heteroatoms. The van der Waals surface area contributed by atoms with Crippen molar-refractivity contribution in [3.05, 3.63) is 144 Å². The minimum atomic E-state index is -0.416. The third kappa shape index (κ3) is 6.12. The molecule has 4 heterocycles. The van der Waals surface area contributed by atoms with Gasteiger partial charge in [-0.2, -0.15) is 4.98 Å². The Morgan fingerprint density at radius 1 is 0.745 bits per heavy atom. The highest BCUT2D eigenvalue weighted by Crippen LogP contribution is 2.43. The molecule has 1 aliphatic carbocycles. The lowest BCUT2D eigenvalue weighted by molar-refractivity contribution is 0.0815. The van der Waals surface area contributed by atoms with Crippen LogP contribution in [0, 0.1) is 0 Å². The zero-order chi connectivity index (χ0) is 34.8. The van der Waals surface area contributed by atoms with E-state index in [-0.39, 0.29) is 11.9 Å². The minimum absolute atomic E-state index is 0.0154. The zero-order valence-electron chi connectivity index (χ0n) is 29.3. The fourth-order valence-electron chi connectivity index (χ4n) is 8.14. The summed E-state index contributed by atoms with van der Waals surface area (Å²) in [5.41, 5.74) is 5.93. The van der Waals surface area contributed by atoms with Crippen molar-refractivity contribution in [1.29, 1.82) is 0 Å². The average Bonchev–Trinajstić information content (AvgIpc) is 3.85. The van der Waals surface area contributed by atoms with Crippen LogP contribution in [0.2, 0.25) is 0 Å². The van der Waals surface area contributed by atoms with Crippen molar-refractivity contribution in [2.75, 3.05) is 50.5 Å². The van der Waals surface area contributed by atoms with E-state index in [1.807, 2.05) is 18.3 Å². The second-order valence-corrected chi connectivity index (χ2v) is 13.8. The fourth-order valence-corrected chi connectivity index (χ4v) is 8.14. The van der Waals surface area contributed by atoms with Crippen molar-refractivity contribution in [3.63, 3.8) is 0 Å². The molecule has 1 aliphatic heterocycles. The average molecular weight is 677 g/mol. The maximum absolute atomic E-state index is 13.1. The number of anilines is 3. The van der Waals surface area contributed by atoms with Gasteiger partial charge >= 0.3 is 0 Å². The van der Waals surface area contributed by atoms with Gasteiger partial charge < -0.3 is 19.7 Å². The number of piperazine rings is 1. The molecule has 6 aromatic rings. The first kappa shape index (κ1) is 32.7. The Labute approximate surface area is 299 Å². The van der Waals surface area contributed by atoms with E-state index in [2.05, 4.69) is 122 Å². The van der Waals surface area contributed by atoms with Crippen molar-refractivity contribution >= 4 is 34.4 Å². The van der Waals surface area contributed by atoms with Crippen molar-refractivity contribution < 1.29 is 4.79 Å². The smallest absolute Gasteiger partial charge is 0.270 e. The molecule has 51 heavy (non-hydrogen) atoms. The Bertz CT molecular complexity index is 1990. The van der Waals surface area contributed by atoms with Gasteiger partial charge in [0.15, 0.2) is 0 Å². The molecular formula is C42H44N8O. The second kappa shape index (κ2) is 14.0. The van der Waals surface area contributed by atoms with Crippen LogP contribution in [0.4, 0.5) is 17.5 Å². The first-order chi connectivity index (χ1) is 25.0. The van der Waals surface area contributed by atoms with Gasteiger partial charge in [0.2, 0.25) is 5.95 Å². The van der Waals surface area contributed by atoms with Crippen LogP contribution >= 0.6 is 0 Å². The highest BCUT2D eigenvalue weighted by molar-refractivity contribution is 5.98. The summed E-state index contributed by atoms with van der Waals surface area (Å²) < 4.78 is 2.13. The zero-order valence-corrected chi connectivity index (χ0v) is 29.3. The number of fused-ring (bicyclic) bond motifs is 1. The lowest BCUT2D eigenvalue weighted by Crippen LogP contribution is -2.56. The first-order valence-electron chi connectivity index (χ1n) is 18.0. The molecule has 2 fully saturated rings. The molecule has 0 atom stereocenters. The lowest BCUT2D eigenvalue weighted by atomic mass is 9.75. The molecule has 0 radical (unpaired) electrons. The van der Waals surface area contributed by atoms with Gasteiger partial charge in [-0.05, 0) is 47.7 Å². The summed E-state index contributed by atoms with van der Waals surface area (Å²) in [6.45, 7) is 3.50. The number of hydrogen-bond acceptors (Lipinski definition) is 7. The number of pyridine rings is 1. The lowest BCUT2D eigenvalue weighted by Gasteiger charge is -2.49. The summed E-state index contributed by atoms with van der Waals surface area (Å²) in [6, 6.07) is 39.0. The molecule has 0 bridgehead atoms. The predicted octanol–water partition coefficient (Wildman–Crippen LogP) is 7.50. The monoisotopic (exact) mass is 676 g/mol. The predicted molar refractivity (Wildman–Crippen MR) is 204 cm³/mol. The number of carbonyl (C=O) groups is 1. The second-order valence-electron chi connectivity index (χ2n) is 13.8. The first-order valence-corrected chi connectivity index (χ1v) is 18.0. The van der Waals surface area contributed by atoms with E-state index in [9.17, 15) is 4.79 Å². The molecule has 2 aliphatic rings. The largest absolute Gasteiger partial charge is 0.368 e. The van der Waals surface area contributed by atoms with E-state index in [0.29, 0.717) is 17.5 Å². The maximum atomic E-state index is 13.1. The number of nitrogens with zero attached hydrogens (tertiary/aromatic N) is 7. The van der Waals surface area contributed by atoms with Crippen LogP contribution in [-0.4, -0.2) is 75.5 Å². The van der Waals surface area contributed by atoms with Crippen molar-refractivity contribution in [3.8, 4) is 0 Å². The highest BCUT2D eigenvalue weighted by Gasteiger charge is 2.43. The molecule has 8 rings (SSSR count). The Balaban J connectivity index is 1.02. The van der Waals surface area contributed by atoms with E-state index in [1.165, 1.54) is 16.7 Å². The van der Waals surface area contributed by atoms with Crippen LogP contribution in [0.3, 0.4) is 0 Å². The molecule has 0 spiro atoms. The van der Waals surface area contributed by atoms with Crippen molar-refractivity contribution in [2.24, 2.45) is 0 Å². The van der Waals surface area contributed by atoms with Crippen LogP contribution in [0.5, 0.6) is 0 Å². The normalized spacial score (nSPS) is 15.7. The van der Waals surface area contributed by atoms with Crippen molar-refractivity contribution in [2.45, 2.75) is 37.3 Å². The molecule has 1 saturated heterocycles. The van der Waals surface area contributed by atoms with Gasteiger partial charge in [-0.15, -0.1) is 0 Å². The Morgan fingerprint density at radius 2 is 1.33 bits per heavy atom. The summed E-state index contributed by atoms with van der Waals surface area (Å²) in [5, 5.41) is 4.19. The molecule has 1 N–H and O–H groups in total. The standard InChI is InChI=1S/C42H44N8O/c1-47(2)40(51)37-28-31-29-44-41(46-39(31)50(37)35-20-12-13-21-35)45-38-23-22-36(30-43-38)48-24-26-49(27-25-48)42(32-14-6-3-7-15-32,33-16-8-4-9-17-33)34-18-10-5-11-19-34/h3-11,14-19,22-23,28-30,35H,12-13,20-21,24-27H2,1-2H3,(H,43,44,45,46). The Hall–Kier alpha value is -5.54. The summed E-state index contributed by atoms with van der Waals surface area (Å²) in [6.07, 6.45) is 8.16. The quantitative estimate of drug-likeness (QED) is 0.159. The number of hydrogen-bond donors (Lipinski definition) is 1. The SMILES string of the molecule is CN(C)C(=O)c1cc2cnc(Nc3ccc(N4CCN(C(c5ccccc5)(c5ccccc5)c5ccccc5)CC4)cn3)nc2n1C1CCCC1. The van der Waals surface area contributed by atoms with Gasteiger partial charge in [0, 0.05) is 57.9 Å². The molecule has 1 amide bonds. The van der Waals surface area contributed by atoms with Gasteiger partial charge in [-0.3, -0.25) is 9.69 Å². The van der Waals surface area contributed by atoms with E-state index in [0.717, 1.165) is 68.6 Å². The van der Waals surface area contributed by atoms with E-state index in [4.69, 9.17) is 9.97 Å². The molecule has 258 valence electrons. The third-order valence-corrected chi connectivity index (χ3v) is 10.6. The molecule has 1 saturated carbocycles. The van der Waals surface area contributed by atoms with Gasteiger partial charge in [0.1, 0.15) is 17.2 Å².